The van der Waals surface area contributed by atoms with Gasteiger partial charge in [-0.25, -0.2) is 9.78 Å². The van der Waals surface area contributed by atoms with Crippen molar-refractivity contribution in [3.05, 3.63) is 53.9 Å². The molecule has 1 amide bonds. The van der Waals surface area contributed by atoms with Crippen molar-refractivity contribution in [2.45, 2.75) is 0 Å². The highest BCUT2D eigenvalue weighted by molar-refractivity contribution is 6.03. The number of hydrogen-bond acceptors (Lipinski definition) is 6. The lowest BCUT2D eigenvalue weighted by Gasteiger charge is -2.34. The minimum atomic E-state index is -0.573. The summed E-state index contributed by atoms with van der Waals surface area (Å²) in [7, 11) is 3.40. The number of likely N-dealkylation sites (N-methyl/N-ethyl adjacent to an activating group) is 1. The van der Waals surface area contributed by atoms with Crippen LogP contribution in [-0.4, -0.2) is 62.1 Å². The Bertz CT molecular complexity index is 784. The Morgan fingerprint density at radius 2 is 1.65 bits per heavy atom. The van der Waals surface area contributed by atoms with E-state index in [2.05, 4.69) is 31.9 Å². The maximum atomic E-state index is 12.4. The summed E-state index contributed by atoms with van der Waals surface area (Å²) in [5.74, 6) is -0.945. The molecule has 2 aromatic rings. The Morgan fingerprint density at radius 1 is 1.00 bits per heavy atom. The van der Waals surface area contributed by atoms with Crippen LogP contribution in [0.3, 0.4) is 0 Å². The van der Waals surface area contributed by atoms with E-state index in [1.807, 2.05) is 24.3 Å². The highest BCUT2D eigenvalue weighted by atomic mass is 16.5. The normalized spacial score (nSPS) is 14.8. The minimum absolute atomic E-state index is 0.102. The van der Waals surface area contributed by atoms with Gasteiger partial charge in [0.05, 0.1) is 7.11 Å². The quantitative estimate of drug-likeness (QED) is 0.845. The molecule has 26 heavy (non-hydrogen) atoms. The van der Waals surface area contributed by atoms with Gasteiger partial charge in [-0.05, 0) is 43.4 Å². The Hall–Kier alpha value is -2.93. The predicted octanol–water partition coefficient (Wildman–Crippen LogP) is 1.87. The first-order chi connectivity index (χ1) is 12.6. The zero-order valence-electron chi connectivity index (χ0n) is 14.9. The predicted molar refractivity (Wildman–Crippen MR) is 99.7 cm³/mol. The molecule has 7 heteroatoms. The molecule has 3 rings (SSSR count). The number of piperazine rings is 1. The summed E-state index contributed by atoms with van der Waals surface area (Å²) in [6, 6.07) is 12.4. The van der Waals surface area contributed by atoms with Crippen molar-refractivity contribution in [1.82, 2.24) is 9.88 Å². The summed E-state index contributed by atoms with van der Waals surface area (Å²) in [5, 5.41) is 2.80. The maximum absolute atomic E-state index is 12.4. The fourth-order valence-electron chi connectivity index (χ4n) is 2.79. The van der Waals surface area contributed by atoms with Gasteiger partial charge in [-0.3, -0.25) is 4.79 Å². The van der Waals surface area contributed by atoms with Gasteiger partial charge in [0.25, 0.3) is 5.91 Å². The first-order valence-electron chi connectivity index (χ1n) is 8.47. The highest BCUT2D eigenvalue weighted by Gasteiger charge is 2.15. The topological polar surface area (TPSA) is 74.8 Å². The van der Waals surface area contributed by atoms with Crippen LogP contribution < -0.4 is 10.2 Å². The van der Waals surface area contributed by atoms with Gasteiger partial charge >= 0.3 is 5.97 Å². The van der Waals surface area contributed by atoms with Crippen LogP contribution in [0, 0.1) is 0 Å². The van der Waals surface area contributed by atoms with Crippen LogP contribution in [0.15, 0.2) is 42.5 Å². The summed E-state index contributed by atoms with van der Waals surface area (Å²) in [6.45, 7) is 4.07. The average molecular weight is 354 g/mol. The second-order valence-electron chi connectivity index (χ2n) is 6.19. The smallest absolute Gasteiger partial charge is 0.356 e. The number of amides is 1. The molecule has 136 valence electrons. The first-order valence-corrected chi connectivity index (χ1v) is 8.47. The molecule has 1 fully saturated rings. The van der Waals surface area contributed by atoms with E-state index in [4.69, 9.17) is 0 Å². The third-order valence-corrected chi connectivity index (χ3v) is 4.37. The van der Waals surface area contributed by atoms with E-state index in [1.54, 1.807) is 12.1 Å². The van der Waals surface area contributed by atoms with Gasteiger partial charge in [-0.2, -0.15) is 0 Å². The molecule has 0 unspecified atom stereocenters. The lowest BCUT2D eigenvalue weighted by atomic mass is 10.2. The number of rotatable bonds is 4. The first kappa shape index (κ1) is 17.9. The molecule has 2 heterocycles. The number of methoxy groups -OCH3 is 1. The van der Waals surface area contributed by atoms with Gasteiger partial charge in [0, 0.05) is 37.6 Å². The molecule has 0 spiro atoms. The fourth-order valence-corrected chi connectivity index (χ4v) is 2.79. The number of carbonyl (C=O) groups excluding carboxylic acids is 2. The number of anilines is 2. The number of aromatic nitrogens is 1. The molecule has 1 aromatic carbocycles. The molecular formula is C19H22N4O3. The highest BCUT2D eigenvalue weighted by Crippen LogP contribution is 2.19. The van der Waals surface area contributed by atoms with E-state index >= 15 is 0 Å². The maximum Gasteiger partial charge on any atom is 0.356 e. The lowest BCUT2D eigenvalue weighted by molar-refractivity contribution is 0.0594. The zero-order chi connectivity index (χ0) is 18.5. The minimum Gasteiger partial charge on any atom is -0.464 e. The van der Waals surface area contributed by atoms with Crippen molar-refractivity contribution in [3.8, 4) is 0 Å². The fraction of sp³-hybridized carbons (Fsp3) is 0.316. The molecule has 0 saturated carbocycles. The second-order valence-corrected chi connectivity index (χ2v) is 6.19. The summed E-state index contributed by atoms with van der Waals surface area (Å²) in [4.78, 5) is 32.6. The number of nitrogens with zero attached hydrogens (tertiary/aromatic N) is 3. The molecule has 1 aliphatic rings. The summed E-state index contributed by atoms with van der Waals surface area (Å²) < 4.78 is 4.63. The van der Waals surface area contributed by atoms with Crippen molar-refractivity contribution in [2.75, 3.05) is 50.6 Å². The SMILES string of the molecule is COC(=O)c1cccc(C(=O)Nc2ccc(N3CCN(C)CC3)cc2)n1. The molecule has 7 nitrogen and oxygen atoms in total. The molecule has 1 aromatic heterocycles. The van der Waals surface area contributed by atoms with Crippen LogP contribution >= 0.6 is 0 Å². The van der Waals surface area contributed by atoms with Gasteiger partial charge in [-0.15, -0.1) is 0 Å². The Labute approximate surface area is 152 Å². The molecule has 0 bridgehead atoms. The Kier molecular flexibility index (Phi) is 5.48. The van der Waals surface area contributed by atoms with Crippen molar-refractivity contribution in [2.24, 2.45) is 0 Å². The van der Waals surface area contributed by atoms with E-state index < -0.39 is 5.97 Å². The van der Waals surface area contributed by atoms with Gasteiger partial charge in [0.15, 0.2) is 0 Å². The van der Waals surface area contributed by atoms with Crippen molar-refractivity contribution in [3.63, 3.8) is 0 Å². The molecule has 1 aliphatic heterocycles. The lowest BCUT2D eigenvalue weighted by Crippen LogP contribution is -2.44. The molecular weight excluding hydrogens is 332 g/mol. The van der Waals surface area contributed by atoms with E-state index in [0.29, 0.717) is 5.69 Å². The average Bonchev–Trinajstić information content (AvgIpc) is 2.68. The molecule has 1 N–H and O–H groups in total. The van der Waals surface area contributed by atoms with Crippen LogP contribution in [0.25, 0.3) is 0 Å². The van der Waals surface area contributed by atoms with E-state index in [9.17, 15) is 9.59 Å². The van der Waals surface area contributed by atoms with Crippen molar-refractivity contribution in [1.29, 1.82) is 0 Å². The molecule has 0 aliphatic carbocycles. The number of ether oxygens (including phenoxy) is 1. The molecule has 1 saturated heterocycles. The molecule has 0 radical (unpaired) electrons. The van der Waals surface area contributed by atoms with Crippen LogP contribution in [0.5, 0.6) is 0 Å². The van der Waals surface area contributed by atoms with E-state index in [-0.39, 0.29) is 17.3 Å². The zero-order valence-corrected chi connectivity index (χ0v) is 14.9. The van der Waals surface area contributed by atoms with Crippen LogP contribution in [-0.2, 0) is 4.74 Å². The van der Waals surface area contributed by atoms with Crippen LogP contribution in [0.1, 0.15) is 21.0 Å². The van der Waals surface area contributed by atoms with Gasteiger partial charge < -0.3 is 19.9 Å². The van der Waals surface area contributed by atoms with Crippen LogP contribution in [0.2, 0.25) is 0 Å². The molecule has 0 atom stereocenters. The Balaban J connectivity index is 1.65. The van der Waals surface area contributed by atoms with Gasteiger partial charge in [0.2, 0.25) is 0 Å². The number of esters is 1. The largest absolute Gasteiger partial charge is 0.464 e. The number of hydrogen-bond donors (Lipinski definition) is 1. The third kappa shape index (κ3) is 4.18. The number of benzene rings is 1. The van der Waals surface area contributed by atoms with E-state index in [0.717, 1.165) is 31.9 Å². The van der Waals surface area contributed by atoms with Crippen molar-refractivity contribution >= 4 is 23.3 Å². The van der Waals surface area contributed by atoms with Crippen LogP contribution in [0.4, 0.5) is 11.4 Å². The van der Waals surface area contributed by atoms with Gasteiger partial charge in [0.1, 0.15) is 11.4 Å². The van der Waals surface area contributed by atoms with Gasteiger partial charge in [-0.1, -0.05) is 6.07 Å². The van der Waals surface area contributed by atoms with Crippen molar-refractivity contribution < 1.29 is 14.3 Å². The summed E-state index contributed by atoms with van der Waals surface area (Å²) in [5.41, 5.74) is 2.08. The third-order valence-electron chi connectivity index (χ3n) is 4.37. The Morgan fingerprint density at radius 3 is 2.31 bits per heavy atom. The second kappa shape index (κ2) is 7.97. The monoisotopic (exact) mass is 354 g/mol. The summed E-state index contributed by atoms with van der Waals surface area (Å²) >= 11 is 0. The van der Waals surface area contributed by atoms with E-state index in [1.165, 1.54) is 13.2 Å². The summed E-state index contributed by atoms with van der Waals surface area (Å²) in [6.07, 6.45) is 0. The standard InChI is InChI=1S/C19H22N4O3/c1-22-10-12-23(13-11-22)15-8-6-14(7-9-15)20-18(24)16-4-3-5-17(21-16)19(25)26-2/h3-9H,10-13H2,1-2H3,(H,20,24). The number of nitrogens with one attached hydrogen (secondary N) is 1. The number of pyridine rings is 1. The number of carbonyl (C=O) groups is 2.